The van der Waals surface area contributed by atoms with Crippen molar-refractivity contribution in [2.24, 2.45) is 17.8 Å². The van der Waals surface area contributed by atoms with Gasteiger partial charge in [-0.15, -0.1) is 5.10 Å². The van der Waals surface area contributed by atoms with Crippen LogP contribution in [0.5, 0.6) is 0 Å². The average molecular weight is 625 g/mol. The number of amides is 3. The number of benzene rings is 2. The van der Waals surface area contributed by atoms with Gasteiger partial charge in [0, 0.05) is 19.6 Å². The van der Waals surface area contributed by atoms with E-state index in [1.54, 1.807) is 14.5 Å². The lowest BCUT2D eigenvalue weighted by Gasteiger charge is -2.40. The zero-order chi connectivity index (χ0) is 32.2. The number of rotatable bonds is 8. The van der Waals surface area contributed by atoms with E-state index in [0.29, 0.717) is 25.0 Å². The second-order valence-electron chi connectivity index (χ2n) is 13.5. The number of aliphatic hydroxyl groups excluding tert-OH is 1. The molecule has 7 rings (SSSR count). The van der Waals surface area contributed by atoms with Crippen molar-refractivity contribution in [1.29, 1.82) is 0 Å². The second kappa shape index (κ2) is 11.5. The fourth-order valence-corrected chi connectivity index (χ4v) is 8.03. The summed E-state index contributed by atoms with van der Waals surface area (Å²) >= 11 is 0. The largest absolute Gasteiger partial charge is 0.394 e. The van der Waals surface area contributed by atoms with Crippen LogP contribution in [0.4, 0.5) is 0 Å². The van der Waals surface area contributed by atoms with Crippen LogP contribution in [0.3, 0.4) is 0 Å². The molecule has 3 amide bonds. The molecule has 2 fully saturated rings. The van der Waals surface area contributed by atoms with E-state index in [4.69, 9.17) is 4.74 Å². The number of carbonyl (C=O) groups is 3. The van der Waals surface area contributed by atoms with Gasteiger partial charge in [-0.25, -0.2) is 4.68 Å². The van der Waals surface area contributed by atoms with Gasteiger partial charge in [0.05, 0.1) is 35.6 Å². The highest BCUT2D eigenvalue weighted by Crippen LogP contribution is 2.58. The van der Waals surface area contributed by atoms with E-state index in [0.717, 1.165) is 11.1 Å². The van der Waals surface area contributed by atoms with E-state index in [9.17, 15) is 19.5 Å². The summed E-state index contributed by atoms with van der Waals surface area (Å²) in [5, 5.41) is 19.2. The maximum Gasteiger partial charge on any atom is 0.250 e. The Morgan fingerprint density at radius 3 is 2.39 bits per heavy atom. The molecule has 11 nitrogen and oxygen atoms in total. The predicted octanol–water partition coefficient (Wildman–Crippen LogP) is 2.76. The fraction of sp³-hybridized carbons (Fsp3) is 0.457. The molecule has 240 valence electrons. The van der Waals surface area contributed by atoms with Crippen LogP contribution in [0.15, 0.2) is 78.9 Å². The number of hydrogen-bond acceptors (Lipinski definition) is 7. The van der Waals surface area contributed by atoms with Gasteiger partial charge in [-0.3, -0.25) is 14.4 Å². The molecule has 2 saturated heterocycles. The molecule has 6 atom stereocenters. The van der Waals surface area contributed by atoms with E-state index in [1.165, 1.54) is 4.90 Å². The van der Waals surface area contributed by atoms with Crippen LogP contribution >= 0.6 is 0 Å². The van der Waals surface area contributed by atoms with Crippen LogP contribution in [0.1, 0.15) is 32.8 Å². The van der Waals surface area contributed by atoms with Gasteiger partial charge >= 0.3 is 0 Å². The summed E-state index contributed by atoms with van der Waals surface area (Å²) in [6, 6.07) is 15.6. The topological polar surface area (TPSA) is 121 Å². The molecule has 5 heterocycles. The monoisotopic (exact) mass is 624 g/mol. The fourth-order valence-electron chi connectivity index (χ4n) is 8.03. The van der Waals surface area contributed by atoms with Crippen LogP contribution in [-0.2, 0) is 32.3 Å². The molecule has 0 bridgehead atoms. The first kappa shape index (κ1) is 30.3. The maximum absolute atomic E-state index is 14.8. The van der Waals surface area contributed by atoms with Gasteiger partial charge in [0.25, 0.3) is 5.91 Å². The molecule has 3 aromatic rings. The Morgan fingerprint density at radius 2 is 1.63 bits per heavy atom. The SMILES string of the molecule is CC(C)C[C@H](CO)N1C(=O)[C@@H]2[C@H]3C(=O)N(Cc4ccccc4)CC=C[C@@]3(C)O[C@@]23C=CCN(Cn2nnc4ccccc42)C(=O)C13. The molecule has 1 aromatic heterocycles. The summed E-state index contributed by atoms with van der Waals surface area (Å²) in [5.74, 6) is -2.52. The molecule has 0 saturated carbocycles. The number of ether oxygens (including phenoxy) is 1. The summed E-state index contributed by atoms with van der Waals surface area (Å²) < 4.78 is 8.64. The molecule has 0 radical (unpaired) electrons. The smallest absolute Gasteiger partial charge is 0.250 e. The van der Waals surface area contributed by atoms with E-state index < -0.39 is 35.1 Å². The number of fused-ring (bicyclic) bond motifs is 3. The van der Waals surface area contributed by atoms with Crippen molar-refractivity contribution in [1.82, 2.24) is 29.7 Å². The van der Waals surface area contributed by atoms with Crippen molar-refractivity contribution in [2.75, 3.05) is 19.7 Å². The first-order valence-corrected chi connectivity index (χ1v) is 16.0. The Bertz CT molecular complexity index is 1720. The first-order valence-electron chi connectivity index (χ1n) is 16.0. The van der Waals surface area contributed by atoms with E-state index in [2.05, 4.69) is 10.3 Å². The third-order valence-electron chi connectivity index (χ3n) is 9.95. The molecule has 46 heavy (non-hydrogen) atoms. The highest BCUT2D eigenvalue weighted by molar-refractivity contribution is 6.00. The summed E-state index contributed by atoms with van der Waals surface area (Å²) in [6.07, 6.45) is 8.01. The van der Waals surface area contributed by atoms with Crippen molar-refractivity contribution < 1.29 is 24.2 Å². The highest BCUT2D eigenvalue weighted by atomic mass is 16.5. The third kappa shape index (κ3) is 4.75. The molecule has 11 heteroatoms. The Balaban J connectivity index is 1.30. The summed E-state index contributed by atoms with van der Waals surface area (Å²) in [7, 11) is 0. The summed E-state index contributed by atoms with van der Waals surface area (Å²) in [6.45, 7) is 6.70. The minimum absolute atomic E-state index is 0.112. The first-order chi connectivity index (χ1) is 22.2. The Morgan fingerprint density at radius 1 is 0.913 bits per heavy atom. The minimum Gasteiger partial charge on any atom is -0.394 e. The van der Waals surface area contributed by atoms with Crippen LogP contribution in [0.2, 0.25) is 0 Å². The lowest BCUT2D eigenvalue weighted by molar-refractivity contribution is -0.157. The summed E-state index contributed by atoms with van der Waals surface area (Å²) in [4.78, 5) is 49.1. The van der Waals surface area contributed by atoms with Crippen molar-refractivity contribution >= 4 is 28.8 Å². The van der Waals surface area contributed by atoms with Gasteiger partial charge in [0.2, 0.25) is 11.8 Å². The lowest BCUT2D eigenvalue weighted by atomic mass is 9.74. The summed E-state index contributed by atoms with van der Waals surface area (Å²) in [5.41, 5.74) is -0.0554. The molecular formula is C35H40N6O5. The highest BCUT2D eigenvalue weighted by Gasteiger charge is 2.75. The Labute approximate surface area is 268 Å². The number of aromatic nitrogens is 3. The van der Waals surface area contributed by atoms with Crippen LogP contribution in [-0.4, -0.2) is 95.5 Å². The van der Waals surface area contributed by atoms with Crippen LogP contribution < -0.4 is 0 Å². The number of para-hydroxylation sites is 1. The average Bonchev–Trinajstić information content (AvgIpc) is 3.58. The zero-order valence-corrected chi connectivity index (χ0v) is 26.4. The van der Waals surface area contributed by atoms with Crippen molar-refractivity contribution in [3.8, 4) is 0 Å². The van der Waals surface area contributed by atoms with Crippen LogP contribution in [0.25, 0.3) is 11.0 Å². The molecule has 4 aliphatic rings. The third-order valence-corrected chi connectivity index (χ3v) is 9.95. The van der Waals surface area contributed by atoms with Gasteiger partial charge in [-0.1, -0.05) is 85.8 Å². The Kier molecular flexibility index (Phi) is 7.56. The van der Waals surface area contributed by atoms with E-state index >= 15 is 0 Å². The Hall–Kier alpha value is -4.35. The number of likely N-dealkylation sites (tertiary alicyclic amines) is 1. The van der Waals surface area contributed by atoms with Gasteiger partial charge in [-0.2, -0.15) is 0 Å². The molecule has 0 aliphatic carbocycles. The zero-order valence-electron chi connectivity index (χ0n) is 26.4. The lowest BCUT2D eigenvalue weighted by Crippen LogP contribution is -2.59. The molecule has 2 aromatic carbocycles. The number of nitrogens with zero attached hydrogens (tertiary/aromatic N) is 6. The van der Waals surface area contributed by atoms with E-state index in [1.807, 2.05) is 99.7 Å². The van der Waals surface area contributed by atoms with Crippen molar-refractivity contribution in [3.05, 3.63) is 84.5 Å². The maximum atomic E-state index is 14.8. The molecule has 1 N–H and O–H groups in total. The molecule has 1 spiro atoms. The molecule has 4 aliphatic heterocycles. The van der Waals surface area contributed by atoms with Crippen molar-refractivity contribution in [3.63, 3.8) is 0 Å². The van der Waals surface area contributed by atoms with Gasteiger partial charge in [0.15, 0.2) is 0 Å². The normalized spacial score (nSPS) is 29.7. The van der Waals surface area contributed by atoms with Gasteiger partial charge in [-0.05, 0) is 37.0 Å². The number of hydrogen-bond donors (Lipinski definition) is 1. The number of aliphatic hydroxyl groups is 1. The quantitative estimate of drug-likeness (QED) is 0.383. The van der Waals surface area contributed by atoms with Gasteiger partial charge in [0.1, 0.15) is 23.8 Å². The molecular weight excluding hydrogens is 584 g/mol. The van der Waals surface area contributed by atoms with Crippen molar-refractivity contribution in [2.45, 2.75) is 63.7 Å². The minimum atomic E-state index is -1.41. The van der Waals surface area contributed by atoms with E-state index in [-0.39, 0.29) is 43.5 Å². The van der Waals surface area contributed by atoms with Crippen LogP contribution in [0, 0.1) is 17.8 Å². The predicted molar refractivity (Wildman–Crippen MR) is 170 cm³/mol. The molecule has 1 unspecified atom stereocenters. The number of carbonyl (C=O) groups excluding carboxylic acids is 3. The standard InChI is InChI=1S/C35H40N6O5/c1-23(2)19-25(21-42)41-30-33(45)39(22-40-27-14-8-7-13-26(27)36-37-40)18-10-16-35(30)29(32(41)44)28-31(43)38(17-9-15-34(28,3)46-35)20-24-11-5-4-6-12-24/h4-16,23,25,28-30,42H,17-22H2,1-3H3/t25-,28+,29+,30?,34-,35+/m1/s1. The second-order valence-corrected chi connectivity index (χ2v) is 13.5. The van der Waals surface area contributed by atoms with Gasteiger partial charge < -0.3 is 24.5 Å².